The smallest absolute Gasteiger partial charge is 0.345 e. The minimum atomic E-state index is -0.868. The largest absolute Gasteiger partial charge is 0.481 e. The summed E-state index contributed by atoms with van der Waals surface area (Å²) in [5.41, 5.74) is -0.554. The van der Waals surface area contributed by atoms with Gasteiger partial charge in [0.2, 0.25) is 5.82 Å². The molecule has 0 atom stereocenters. The van der Waals surface area contributed by atoms with Gasteiger partial charge in [0.15, 0.2) is 0 Å². The minimum Gasteiger partial charge on any atom is -0.481 e. The van der Waals surface area contributed by atoms with Crippen molar-refractivity contribution in [3.63, 3.8) is 0 Å². The average molecular weight is 323 g/mol. The van der Waals surface area contributed by atoms with Crippen molar-refractivity contribution in [2.24, 2.45) is 5.92 Å². The van der Waals surface area contributed by atoms with Crippen molar-refractivity contribution in [1.82, 2.24) is 4.98 Å². The number of piperidine rings is 1. The molecule has 0 radical (unpaired) electrons. The van der Waals surface area contributed by atoms with Gasteiger partial charge in [0, 0.05) is 19.3 Å². The summed E-state index contributed by atoms with van der Waals surface area (Å²) in [6.45, 7) is 2.38. The highest BCUT2D eigenvalue weighted by molar-refractivity contribution is 5.96. The molecule has 0 aliphatic carbocycles. The maximum Gasteiger partial charge on any atom is 0.345 e. The maximum absolute atomic E-state index is 11.9. The molecule has 0 saturated carbocycles. The van der Waals surface area contributed by atoms with E-state index in [1.165, 1.54) is 12.3 Å². The molecule has 1 aliphatic heterocycles. The van der Waals surface area contributed by atoms with Gasteiger partial charge in [-0.3, -0.25) is 14.9 Å². The Bertz CT molecular complexity index is 625. The normalized spacial score (nSPS) is 15.3. The summed E-state index contributed by atoms with van der Waals surface area (Å²) in [7, 11) is 0. The van der Waals surface area contributed by atoms with E-state index < -0.39 is 28.5 Å². The first-order valence-corrected chi connectivity index (χ1v) is 7.24. The highest BCUT2D eigenvalue weighted by Gasteiger charge is 2.32. The number of aromatic nitrogens is 1. The molecule has 23 heavy (non-hydrogen) atoms. The number of carbonyl (C=O) groups excluding carboxylic acids is 1. The monoisotopic (exact) mass is 323 g/mol. The Labute approximate surface area is 132 Å². The van der Waals surface area contributed by atoms with E-state index in [4.69, 9.17) is 9.84 Å². The van der Waals surface area contributed by atoms with Gasteiger partial charge in [-0.2, -0.15) is 0 Å². The molecule has 0 bridgehead atoms. The zero-order valence-electron chi connectivity index (χ0n) is 12.6. The van der Waals surface area contributed by atoms with Crippen LogP contribution >= 0.6 is 0 Å². The van der Waals surface area contributed by atoms with E-state index in [2.05, 4.69) is 4.98 Å². The lowest BCUT2D eigenvalue weighted by molar-refractivity contribution is -0.384. The van der Waals surface area contributed by atoms with E-state index in [9.17, 15) is 19.7 Å². The van der Waals surface area contributed by atoms with E-state index >= 15 is 0 Å². The number of carboxylic acid groups (broad SMARTS) is 1. The van der Waals surface area contributed by atoms with Gasteiger partial charge >= 0.3 is 17.6 Å². The molecule has 9 heteroatoms. The number of esters is 1. The summed E-state index contributed by atoms with van der Waals surface area (Å²) >= 11 is 0. The highest BCUT2D eigenvalue weighted by Crippen LogP contribution is 2.32. The second kappa shape index (κ2) is 7.03. The molecule has 0 unspecified atom stereocenters. The fraction of sp³-hybridized carbons (Fsp3) is 0.500. The van der Waals surface area contributed by atoms with Gasteiger partial charge in [0.05, 0.1) is 17.4 Å². The lowest BCUT2D eigenvalue weighted by Gasteiger charge is -2.30. The maximum atomic E-state index is 11.9. The number of anilines is 1. The van der Waals surface area contributed by atoms with Crippen LogP contribution in [0.5, 0.6) is 0 Å². The van der Waals surface area contributed by atoms with Crippen molar-refractivity contribution in [3.8, 4) is 0 Å². The average Bonchev–Trinajstić information content (AvgIpc) is 2.54. The van der Waals surface area contributed by atoms with Gasteiger partial charge in [-0.25, -0.2) is 9.78 Å². The first-order chi connectivity index (χ1) is 11.0. The Morgan fingerprint density at radius 3 is 2.65 bits per heavy atom. The standard InChI is InChI=1S/C14H17N3O6/c1-2-23-14(20)10-3-6-15-12(11(10)17(21)22)16-7-4-9(5-8-16)13(18)19/h3,6,9H,2,4-5,7-8H2,1H3,(H,18,19). The Morgan fingerprint density at radius 1 is 1.48 bits per heavy atom. The summed E-state index contributed by atoms with van der Waals surface area (Å²) in [6.07, 6.45) is 2.06. The zero-order chi connectivity index (χ0) is 17.0. The van der Waals surface area contributed by atoms with Crippen LogP contribution < -0.4 is 4.90 Å². The van der Waals surface area contributed by atoms with Crippen LogP contribution in [0.25, 0.3) is 0 Å². The van der Waals surface area contributed by atoms with Crippen LogP contribution in [0.1, 0.15) is 30.1 Å². The molecule has 9 nitrogen and oxygen atoms in total. The van der Waals surface area contributed by atoms with Gasteiger partial charge < -0.3 is 14.7 Å². The van der Waals surface area contributed by atoms with Gasteiger partial charge in [-0.05, 0) is 25.8 Å². The topological polar surface area (TPSA) is 123 Å². The number of pyridine rings is 1. The molecule has 1 aliphatic rings. The molecule has 0 aromatic carbocycles. The Balaban J connectivity index is 2.32. The van der Waals surface area contributed by atoms with Crippen LogP contribution in [0.3, 0.4) is 0 Å². The molecule has 0 amide bonds. The SMILES string of the molecule is CCOC(=O)c1ccnc(N2CCC(C(=O)O)CC2)c1[N+](=O)[O-]. The molecule has 2 rings (SSSR count). The van der Waals surface area contributed by atoms with E-state index in [-0.39, 0.29) is 18.0 Å². The van der Waals surface area contributed by atoms with Crippen molar-refractivity contribution in [1.29, 1.82) is 0 Å². The molecule has 1 aromatic heterocycles. The van der Waals surface area contributed by atoms with Gasteiger partial charge in [0.1, 0.15) is 5.56 Å². The highest BCUT2D eigenvalue weighted by atomic mass is 16.6. The number of carboxylic acids is 1. The van der Waals surface area contributed by atoms with Crippen LogP contribution in [0.15, 0.2) is 12.3 Å². The Kier molecular flexibility index (Phi) is 5.09. The zero-order valence-corrected chi connectivity index (χ0v) is 12.6. The molecular weight excluding hydrogens is 306 g/mol. The molecule has 1 fully saturated rings. The number of hydrogen-bond donors (Lipinski definition) is 1. The molecule has 2 heterocycles. The third kappa shape index (κ3) is 3.55. The predicted octanol–water partition coefficient (Wildman–Crippen LogP) is 1.47. The van der Waals surface area contributed by atoms with Crippen LogP contribution in [-0.2, 0) is 9.53 Å². The van der Waals surface area contributed by atoms with Crippen LogP contribution in [0.2, 0.25) is 0 Å². The third-order valence-corrected chi connectivity index (χ3v) is 3.73. The summed E-state index contributed by atoms with van der Waals surface area (Å²) in [4.78, 5) is 39.3. The molecule has 1 saturated heterocycles. The van der Waals surface area contributed by atoms with E-state index in [1.54, 1.807) is 11.8 Å². The lowest BCUT2D eigenvalue weighted by Crippen LogP contribution is -2.37. The number of carbonyl (C=O) groups is 2. The lowest BCUT2D eigenvalue weighted by atomic mass is 9.97. The summed E-state index contributed by atoms with van der Waals surface area (Å²) in [6, 6.07) is 1.25. The number of rotatable bonds is 5. The van der Waals surface area contributed by atoms with Gasteiger partial charge in [-0.15, -0.1) is 0 Å². The van der Waals surface area contributed by atoms with Gasteiger partial charge in [-0.1, -0.05) is 0 Å². The molecular formula is C14H17N3O6. The van der Waals surface area contributed by atoms with Gasteiger partial charge in [0.25, 0.3) is 0 Å². The van der Waals surface area contributed by atoms with Crippen LogP contribution in [-0.4, -0.2) is 46.6 Å². The number of nitro groups is 1. The summed E-state index contributed by atoms with van der Waals surface area (Å²) < 4.78 is 4.84. The summed E-state index contributed by atoms with van der Waals surface area (Å²) in [5, 5.41) is 20.4. The number of nitrogens with zero attached hydrogens (tertiary/aromatic N) is 3. The van der Waals surface area contributed by atoms with Crippen LogP contribution in [0.4, 0.5) is 11.5 Å². The predicted molar refractivity (Wildman–Crippen MR) is 79.4 cm³/mol. The van der Waals surface area contributed by atoms with Crippen molar-refractivity contribution < 1.29 is 24.4 Å². The second-order valence-corrected chi connectivity index (χ2v) is 5.11. The van der Waals surface area contributed by atoms with E-state index in [0.29, 0.717) is 25.9 Å². The Morgan fingerprint density at radius 2 is 2.13 bits per heavy atom. The van der Waals surface area contributed by atoms with Crippen molar-refractivity contribution in [2.45, 2.75) is 19.8 Å². The van der Waals surface area contributed by atoms with Crippen molar-refractivity contribution >= 4 is 23.4 Å². The molecule has 1 N–H and O–H groups in total. The Hall–Kier alpha value is -2.71. The van der Waals surface area contributed by atoms with E-state index in [0.717, 1.165) is 0 Å². The number of ether oxygens (including phenoxy) is 1. The first-order valence-electron chi connectivity index (χ1n) is 7.24. The number of hydrogen-bond acceptors (Lipinski definition) is 7. The fourth-order valence-corrected chi connectivity index (χ4v) is 2.57. The first kappa shape index (κ1) is 16.7. The van der Waals surface area contributed by atoms with E-state index in [1.807, 2.05) is 0 Å². The van der Waals surface area contributed by atoms with Crippen LogP contribution in [0, 0.1) is 16.0 Å². The number of aliphatic carboxylic acids is 1. The molecule has 124 valence electrons. The van der Waals surface area contributed by atoms with Crippen molar-refractivity contribution in [2.75, 3.05) is 24.6 Å². The second-order valence-electron chi connectivity index (χ2n) is 5.11. The fourth-order valence-electron chi connectivity index (χ4n) is 2.57. The summed E-state index contributed by atoms with van der Waals surface area (Å²) in [5.74, 6) is -2.03. The van der Waals surface area contributed by atoms with Crippen molar-refractivity contribution in [3.05, 3.63) is 27.9 Å². The third-order valence-electron chi connectivity index (χ3n) is 3.73. The molecule has 1 aromatic rings. The minimum absolute atomic E-state index is 0.0735. The molecule has 0 spiro atoms. The quantitative estimate of drug-likeness (QED) is 0.491.